The van der Waals surface area contributed by atoms with Gasteiger partial charge in [-0.1, -0.05) is 13.3 Å². The van der Waals surface area contributed by atoms with Crippen LogP contribution in [-0.4, -0.2) is 59.7 Å². The van der Waals surface area contributed by atoms with Gasteiger partial charge in [-0.15, -0.1) is 0 Å². The topological polar surface area (TPSA) is 149 Å². The Morgan fingerprint density at radius 2 is 1.03 bits per heavy atom. The first-order valence-corrected chi connectivity index (χ1v) is 12.8. The summed E-state index contributed by atoms with van der Waals surface area (Å²) >= 11 is 0. The number of rotatable bonds is 9. The lowest BCUT2D eigenvalue weighted by atomic mass is 10.3. The molecule has 0 atom stereocenters. The smallest absolute Gasteiger partial charge is 0.219 e. The Morgan fingerprint density at radius 1 is 0.690 bits per heavy atom. The molecular formula is C8H11F8NO8S4. The highest BCUT2D eigenvalue weighted by Gasteiger charge is 2.75. The number of sulfonamides is 1. The second kappa shape index (κ2) is 8.04. The Morgan fingerprint density at radius 3 is 1.31 bits per heavy atom. The Kier molecular flexibility index (Phi) is 7.81. The Bertz CT molecular complexity index is 979. The molecule has 0 aromatic carbocycles. The molecule has 0 aliphatic rings. The van der Waals surface area contributed by atoms with Crippen LogP contribution in [0.4, 0.5) is 35.1 Å². The van der Waals surface area contributed by atoms with Crippen molar-refractivity contribution in [2.45, 2.75) is 39.3 Å². The third kappa shape index (κ3) is 4.93. The van der Waals surface area contributed by atoms with Crippen LogP contribution in [0.1, 0.15) is 19.8 Å². The summed E-state index contributed by atoms with van der Waals surface area (Å²) in [4.78, 5) is 0. The number of halogens is 8. The molecule has 0 spiro atoms. The first-order chi connectivity index (χ1) is 12.4. The van der Waals surface area contributed by atoms with E-state index in [0.717, 1.165) is 4.72 Å². The number of alkyl halides is 8. The van der Waals surface area contributed by atoms with E-state index in [9.17, 15) is 68.8 Å². The second-order valence-electron chi connectivity index (χ2n) is 5.03. The van der Waals surface area contributed by atoms with E-state index in [4.69, 9.17) is 0 Å². The molecule has 0 saturated carbocycles. The molecule has 0 aliphatic heterocycles. The average Bonchev–Trinajstić information content (AvgIpc) is 2.43. The van der Waals surface area contributed by atoms with Crippen LogP contribution in [0.2, 0.25) is 0 Å². The molecule has 21 heteroatoms. The minimum Gasteiger partial charge on any atom is -0.219 e. The van der Waals surface area contributed by atoms with Crippen molar-refractivity contribution in [3.05, 3.63) is 0 Å². The third-order valence-electron chi connectivity index (χ3n) is 2.87. The van der Waals surface area contributed by atoms with Crippen molar-refractivity contribution in [2.24, 2.45) is 0 Å². The lowest BCUT2D eigenvalue weighted by molar-refractivity contribution is -0.0463. The lowest BCUT2D eigenvalue weighted by Gasteiger charge is -2.25. The quantitative estimate of drug-likeness (QED) is 0.341. The van der Waals surface area contributed by atoms with Gasteiger partial charge in [-0.25, -0.2) is 38.4 Å². The van der Waals surface area contributed by atoms with Crippen LogP contribution in [0.25, 0.3) is 0 Å². The fraction of sp³-hybridized carbons (Fsp3) is 1.00. The summed E-state index contributed by atoms with van der Waals surface area (Å²) < 4.78 is 183. The summed E-state index contributed by atoms with van der Waals surface area (Å²) in [6.45, 7) is 0.387. The molecule has 9 nitrogen and oxygen atoms in total. The normalized spacial score (nSPS) is 15.7. The van der Waals surface area contributed by atoms with Crippen molar-refractivity contribution in [2.75, 3.05) is 6.54 Å². The SMILES string of the molecule is CCCCNS(=O)(=O)C(F)(F)S(=O)(=O)C(S(=O)(=O)C(F)(F)F)S(=O)(=O)C(F)(F)F. The van der Waals surface area contributed by atoms with Crippen LogP contribution in [0.5, 0.6) is 0 Å². The van der Waals surface area contributed by atoms with Gasteiger partial charge >= 0.3 is 15.6 Å². The molecular weight excluding hydrogens is 518 g/mol. The van der Waals surface area contributed by atoms with E-state index in [1.807, 2.05) is 0 Å². The Balaban J connectivity index is 7.09. The zero-order valence-corrected chi connectivity index (χ0v) is 16.9. The maximum atomic E-state index is 14.0. The summed E-state index contributed by atoms with van der Waals surface area (Å²) in [6.07, 6.45) is -0.172. The largest absolute Gasteiger partial charge is 0.499 e. The van der Waals surface area contributed by atoms with Crippen molar-refractivity contribution in [3.63, 3.8) is 0 Å². The summed E-state index contributed by atoms with van der Waals surface area (Å²) in [7, 11) is -30.9. The van der Waals surface area contributed by atoms with Crippen molar-refractivity contribution in [3.8, 4) is 0 Å². The van der Waals surface area contributed by atoms with Gasteiger partial charge in [0.05, 0.1) is 0 Å². The van der Waals surface area contributed by atoms with Gasteiger partial charge in [0.25, 0.3) is 43.4 Å². The van der Waals surface area contributed by atoms with Crippen molar-refractivity contribution < 1.29 is 68.8 Å². The molecule has 0 radical (unpaired) electrons. The van der Waals surface area contributed by atoms with Gasteiger partial charge in [-0.2, -0.15) is 35.1 Å². The van der Waals surface area contributed by atoms with E-state index in [1.54, 1.807) is 0 Å². The van der Waals surface area contributed by atoms with Crippen LogP contribution >= 0.6 is 0 Å². The zero-order valence-electron chi connectivity index (χ0n) is 13.6. The second-order valence-corrected chi connectivity index (χ2v) is 14.1. The standard InChI is InChI=1S/C8H11F8NO8S4/c1-2-3-4-17-29(24,25)8(15,16)28(22,23)5(26(18,19)6(9,10)11)27(20,21)7(12,13)14/h5,17H,2-4H2,1H3. The van der Waals surface area contributed by atoms with Crippen LogP contribution in [0, 0.1) is 0 Å². The van der Waals surface area contributed by atoms with Crippen LogP contribution in [-0.2, 0) is 39.5 Å². The van der Waals surface area contributed by atoms with Gasteiger partial charge < -0.3 is 0 Å². The monoisotopic (exact) mass is 529 g/mol. The fourth-order valence-corrected chi connectivity index (χ4v) is 10.8. The highest BCUT2D eigenvalue weighted by molar-refractivity contribution is 8.27. The van der Waals surface area contributed by atoms with E-state index in [1.165, 1.54) is 6.92 Å². The fourth-order valence-electron chi connectivity index (χ4n) is 1.45. The maximum absolute atomic E-state index is 14.0. The molecule has 1 N–H and O–H groups in total. The molecule has 176 valence electrons. The van der Waals surface area contributed by atoms with Gasteiger partial charge in [-0.3, -0.25) is 0 Å². The summed E-state index contributed by atoms with van der Waals surface area (Å²) in [6, 6.07) is 0. The molecule has 0 saturated heterocycles. The number of nitrogens with one attached hydrogen (secondary N) is 1. The van der Waals surface area contributed by atoms with E-state index in [2.05, 4.69) is 0 Å². The predicted molar refractivity (Wildman–Crippen MR) is 79.4 cm³/mol. The Labute approximate surface area is 159 Å². The maximum Gasteiger partial charge on any atom is 0.499 e. The molecule has 0 amide bonds. The van der Waals surface area contributed by atoms with Gasteiger partial charge in [-0.05, 0) is 6.42 Å². The van der Waals surface area contributed by atoms with Gasteiger partial charge in [0.15, 0.2) is 0 Å². The minimum atomic E-state index is -8.08. The molecule has 0 unspecified atom stereocenters. The average molecular weight is 529 g/mol. The van der Waals surface area contributed by atoms with Crippen LogP contribution in [0.3, 0.4) is 0 Å². The molecule has 0 aliphatic carbocycles. The molecule has 0 aromatic rings. The number of hydrogen-bond acceptors (Lipinski definition) is 8. The third-order valence-corrected chi connectivity index (χ3v) is 13.5. The molecule has 29 heavy (non-hydrogen) atoms. The van der Waals surface area contributed by atoms with Crippen LogP contribution < -0.4 is 4.72 Å². The van der Waals surface area contributed by atoms with Crippen molar-refractivity contribution >= 4 is 39.5 Å². The molecule has 0 heterocycles. The first kappa shape index (κ1) is 28.2. The van der Waals surface area contributed by atoms with E-state index in [0.29, 0.717) is 0 Å². The summed E-state index contributed by atoms with van der Waals surface area (Å²) in [5, 5.41) is 0. The zero-order chi connectivity index (χ0) is 23.9. The van der Waals surface area contributed by atoms with Crippen molar-refractivity contribution in [1.82, 2.24) is 4.72 Å². The van der Waals surface area contributed by atoms with E-state index in [-0.39, 0.29) is 12.8 Å². The number of hydrogen-bond donors (Lipinski definition) is 1. The van der Waals surface area contributed by atoms with E-state index < -0.39 is 65.6 Å². The Hall–Kier alpha value is -0.800. The minimum absolute atomic E-state index is 0.0916. The summed E-state index contributed by atoms with van der Waals surface area (Å²) in [5.41, 5.74) is -14.2. The number of unbranched alkanes of at least 4 members (excludes halogenated alkanes) is 1. The van der Waals surface area contributed by atoms with Crippen molar-refractivity contribution in [1.29, 1.82) is 0 Å². The lowest BCUT2D eigenvalue weighted by Crippen LogP contribution is -2.57. The molecule has 0 fully saturated rings. The predicted octanol–water partition coefficient (Wildman–Crippen LogP) is 0.824. The first-order valence-electron chi connectivity index (χ1n) is 6.63. The molecule has 0 rings (SSSR count). The van der Waals surface area contributed by atoms with E-state index >= 15 is 0 Å². The van der Waals surface area contributed by atoms with Crippen LogP contribution in [0.15, 0.2) is 0 Å². The highest BCUT2D eigenvalue weighted by atomic mass is 32.3. The molecule has 0 aromatic heterocycles. The summed E-state index contributed by atoms with van der Waals surface area (Å²) in [5.74, 6) is 0. The van der Waals surface area contributed by atoms with Gasteiger partial charge in [0.1, 0.15) is 0 Å². The van der Waals surface area contributed by atoms with Gasteiger partial charge in [0, 0.05) is 6.54 Å². The van der Waals surface area contributed by atoms with Gasteiger partial charge in [0.2, 0.25) is 0 Å². The highest BCUT2D eigenvalue weighted by Crippen LogP contribution is 2.44. The number of sulfone groups is 3. The molecule has 0 bridgehead atoms.